The molecular weight excluding hydrogens is 191 g/mol. The van der Waals surface area contributed by atoms with Gasteiger partial charge in [-0.15, -0.1) is 0 Å². The first-order valence-electron chi connectivity index (χ1n) is 3.89. The van der Waals surface area contributed by atoms with E-state index < -0.39 is 10.7 Å². The van der Waals surface area contributed by atoms with Gasteiger partial charge in [0.25, 0.3) is 5.69 Å². The number of rotatable bonds is 4. The Bertz CT molecular complexity index is 343. The molecule has 6 heteroatoms. The highest BCUT2D eigenvalue weighted by molar-refractivity contribution is 5.40. The Morgan fingerprint density at radius 2 is 2.29 bits per heavy atom. The van der Waals surface area contributed by atoms with Crippen LogP contribution in [0.5, 0.6) is 0 Å². The van der Waals surface area contributed by atoms with Gasteiger partial charge in [0.1, 0.15) is 5.82 Å². The van der Waals surface area contributed by atoms with Gasteiger partial charge in [0.15, 0.2) is 0 Å². The van der Waals surface area contributed by atoms with Crippen LogP contribution in [0, 0.1) is 15.9 Å². The number of benzene rings is 1. The van der Waals surface area contributed by atoms with Gasteiger partial charge in [0.05, 0.1) is 11.5 Å². The van der Waals surface area contributed by atoms with Gasteiger partial charge in [0.2, 0.25) is 0 Å². The summed E-state index contributed by atoms with van der Waals surface area (Å²) in [5.74, 6) is 4.27. The van der Waals surface area contributed by atoms with Crippen LogP contribution < -0.4 is 5.90 Å². The Labute approximate surface area is 79.4 Å². The van der Waals surface area contributed by atoms with E-state index in [9.17, 15) is 14.5 Å². The van der Waals surface area contributed by atoms with Gasteiger partial charge >= 0.3 is 0 Å². The second-order valence-electron chi connectivity index (χ2n) is 2.65. The lowest BCUT2D eigenvalue weighted by Gasteiger charge is -2.01. The van der Waals surface area contributed by atoms with Crippen molar-refractivity contribution in [2.24, 2.45) is 5.90 Å². The third-order valence-corrected chi connectivity index (χ3v) is 1.73. The van der Waals surface area contributed by atoms with Gasteiger partial charge in [-0.05, 0) is 12.1 Å². The Morgan fingerprint density at radius 3 is 2.86 bits per heavy atom. The van der Waals surface area contributed by atoms with Gasteiger partial charge < -0.3 is 4.84 Å². The van der Waals surface area contributed by atoms with E-state index in [1.807, 2.05) is 0 Å². The topological polar surface area (TPSA) is 78.4 Å². The van der Waals surface area contributed by atoms with E-state index >= 15 is 0 Å². The third kappa shape index (κ3) is 2.48. The summed E-state index contributed by atoms with van der Waals surface area (Å²) in [6.45, 7) is 0.115. The number of nitro groups is 1. The summed E-state index contributed by atoms with van der Waals surface area (Å²) in [5.41, 5.74) is 0.156. The Morgan fingerprint density at radius 1 is 1.57 bits per heavy atom. The van der Waals surface area contributed by atoms with Crippen molar-refractivity contribution < 1.29 is 14.2 Å². The molecule has 0 saturated carbocycles. The number of nitrogens with two attached hydrogens (primary N) is 1. The average molecular weight is 200 g/mol. The predicted molar refractivity (Wildman–Crippen MR) is 46.9 cm³/mol. The molecule has 14 heavy (non-hydrogen) atoms. The molecule has 0 radical (unpaired) electrons. The molecule has 76 valence electrons. The molecule has 0 atom stereocenters. The van der Waals surface area contributed by atoms with Crippen molar-refractivity contribution in [2.45, 2.75) is 6.42 Å². The van der Waals surface area contributed by atoms with Crippen LogP contribution >= 0.6 is 0 Å². The fourth-order valence-electron chi connectivity index (χ4n) is 1.10. The molecule has 0 amide bonds. The fraction of sp³-hybridized carbons (Fsp3) is 0.250. The fourth-order valence-corrected chi connectivity index (χ4v) is 1.10. The maximum absolute atomic E-state index is 12.7. The standard InChI is InChI=1S/C8H9FN2O3/c9-7-1-2-8(11(12)13)6(5-7)3-4-14-10/h1-2,5H,3-4,10H2. The van der Waals surface area contributed by atoms with Crippen LogP contribution in [-0.4, -0.2) is 11.5 Å². The van der Waals surface area contributed by atoms with Gasteiger partial charge in [-0.3, -0.25) is 10.1 Å². The van der Waals surface area contributed by atoms with Crippen molar-refractivity contribution >= 4 is 5.69 Å². The molecular formula is C8H9FN2O3. The van der Waals surface area contributed by atoms with Crippen LogP contribution in [0.3, 0.4) is 0 Å². The highest BCUT2D eigenvalue weighted by Crippen LogP contribution is 2.19. The number of hydrogen-bond donors (Lipinski definition) is 1. The van der Waals surface area contributed by atoms with Crippen LogP contribution in [0.25, 0.3) is 0 Å². The summed E-state index contributed by atoms with van der Waals surface area (Å²) >= 11 is 0. The maximum Gasteiger partial charge on any atom is 0.272 e. The van der Waals surface area contributed by atoms with Crippen molar-refractivity contribution in [3.05, 3.63) is 39.7 Å². The molecule has 1 aromatic rings. The smallest absolute Gasteiger partial charge is 0.272 e. The minimum atomic E-state index is -0.564. The van der Waals surface area contributed by atoms with Crippen molar-refractivity contribution in [1.82, 2.24) is 0 Å². The van der Waals surface area contributed by atoms with Gasteiger partial charge in [0, 0.05) is 18.1 Å². The van der Waals surface area contributed by atoms with Crippen LogP contribution in [0.2, 0.25) is 0 Å². The van der Waals surface area contributed by atoms with Crippen molar-refractivity contribution in [1.29, 1.82) is 0 Å². The zero-order valence-corrected chi connectivity index (χ0v) is 7.27. The summed E-state index contributed by atoms with van der Waals surface area (Å²) in [6, 6.07) is 3.28. The number of nitrogens with zero attached hydrogens (tertiary/aromatic N) is 1. The predicted octanol–water partition coefficient (Wildman–Crippen LogP) is 1.17. The molecule has 1 aromatic carbocycles. The van der Waals surface area contributed by atoms with E-state index in [1.165, 1.54) is 0 Å². The monoisotopic (exact) mass is 200 g/mol. The highest BCUT2D eigenvalue weighted by Gasteiger charge is 2.13. The number of hydrogen-bond acceptors (Lipinski definition) is 4. The summed E-state index contributed by atoms with van der Waals surface area (Å²) < 4.78 is 12.7. The van der Waals surface area contributed by atoms with Crippen LogP contribution in [0.4, 0.5) is 10.1 Å². The molecule has 0 spiro atoms. The van der Waals surface area contributed by atoms with E-state index in [0.717, 1.165) is 18.2 Å². The highest BCUT2D eigenvalue weighted by atomic mass is 19.1. The molecule has 0 aromatic heterocycles. The molecule has 0 saturated heterocycles. The van der Waals surface area contributed by atoms with Crippen LogP contribution in [-0.2, 0) is 11.3 Å². The van der Waals surface area contributed by atoms with Crippen LogP contribution in [0.15, 0.2) is 18.2 Å². The molecule has 0 fully saturated rings. The molecule has 0 unspecified atom stereocenters. The molecule has 5 nitrogen and oxygen atoms in total. The van der Waals surface area contributed by atoms with Crippen LogP contribution in [0.1, 0.15) is 5.56 Å². The van der Waals surface area contributed by atoms with Gasteiger partial charge in [-0.1, -0.05) is 0 Å². The first-order valence-corrected chi connectivity index (χ1v) is 3.89. The summed E-state index contributed by atoms with van der Waals surface area (Å²) in [7, 11) is 0. The number of halogens is 1. The Hall–Kier alpha value is -1.53. The SMILES string of the molecule is NOCCc1cc(F)ccc1[N+](=O)[O-]. The minimum Gasteiger partial charge on any atom is -0.304 e. The minimum absolute atomic E-state index is 0.115. The lowest BCUT2D eigenvalue weighted by atomic mass is 10.1. The van der Waals surface area contributed by atoms with E-state index in [1.54, 1.807) is 0 Å². The number of nitro benzene ring substituents is 1. The van der Waals surface area contributed by atoms with Crippen molar-refractivity contribution in [3.63, 3.8) is 0 Å². The average Bonchev–Trinajstić information content (AvgIpc) is 2.14. The molecule has 2 N–H and O–H groups in total. The normalized spacial score (nSPS) is 10.1. The Balaban J connectivity index is 2.97. The molecule has 0 aliphatic rings. The lowest BCUT2D eigenvalue weighted by molar-refractivity contribution is -0.385. The maximum atomic E-state index is 12.7. The lowest BCUT2D eigenvalue weighted by Crippen LogP contribution is -2.05. The molecule has 0 aliphatic heterocycles. The second kappa shape index (κ2) is 4.64. The van der Waals surface area contributed by atoms with E-state index in [0.29, 0.717) is 0 Å². The molecule has 0 aliphatic carbocycles. The Kier molecular flexibility index (Phi) is 3.49. The van der Waals surface area contributed by atoms with Crippen molar-refractivity contribution in [3.8, 4) is 0 Å². The van der Waals surface area contributed by atoms with Gasteiger partial charge in [-0.2, -0.15) is 0 Å². The summed E-state index contributed by atoms with van der Waals surface area (Å²) in [5, 5.41) is 10.5. The third-order valence-electron chi connectivity index (χ3n) is 1.73. The second-order valence-corrected chi connectivity index (χ2v) is 2.65. The molecule has 0 bridgehead atoms. The largest absolute Gasteiger partial charge is 0.304 e. The first kappa shape index (κ1) is 10.6. The van der Waals surface area contributed by atoms with Gasteiger partial charge in [-0.25, -0.2) is 10.3 Å². The zero-order valence-electron chi connectivity index (χ0n) is 7.27. The van der Waals surface area contributed by atoms with E-state index in [2.05, 4.69) is 4.84 Å². The summed E-state index contributed by atoms with van der Waals surface area (Å²) in [4.78, 5) is 14.2. The summed E-state index contributed by atoms with van der Waals surface area (Å²) in [6.07, 6.45) is 0.213. The van der Waals surface area contributed by atoms with E-state index in [4.69, 9.17) is 5.90 Å². The zero-order chi connectivity index (χ0) is 10.6. The van der Waals surface area contributed by atoms with Crippen molar-refractivity contribution in [2.75, 3.05) is 6.61 Å². The first-order chi connectivity index (χ1) is 6.65. The molecule has 1 rings (SSSR count). The molecule has 0 heterocycles. The quantitative estimate of drug-likeness (QED) is 0.584. The van der Waals surface area contributed by atoms with E-state index in [-0.39, 0.29) is 24.3 Å².